The van der Waals surface area contributed by atoms with E-state index in [9.17, 15) is 5.26 Å². The minimum Gasteiger partial charge on any atom is -0.299 e. The molecule has 1 N–H and O–H groups in total. The van der Waals surface area contributed by atoms with Gasteiger partial charge in [0.25, 0.3) is 0 Å². The highest BCUT2D eigenvalue weighted by atomic mass is 15.3. The topological polar surface area (TPSA) is 42.3 Å². The number of piperazine rings is 1. The number of nitrogens with zero attached hydrogens (tertiary/aromatic N) is 3. The Morgan fingerprint density at radius 2 is 2.21 bits per heavy atom. The summed E-state index contributed by atoms with van der Waals surface area (Å²) in [5.74, 6) is 0. The molecular formula is C15H28N4. The third kappa shape index (κ3) is 3.47. The van der Waals surface area contributed by atoms with Crippen LogP contribution in [0.1, 0.15) is 40.0 Å². The molecule has 3 atom stereocenters. The molecule has 0 aromatic rings. The third-order valence-electron chi connectivity index (χ3n) is 4.60. The zero-order valence-corrected chi connectivity index (χ0v) is 12.7. The van der Waals surface area contributed by atoms with Crippen molar-refractivity contribution < 1.29 is 0 Å². The number of nitriles is 1. The molecule has 2 saturated heterocycles. The van der Waals surface area contributed by atoms with Gasteiger partial charge in [-0.05, 0) is 46.2 Å². The van der Waals surface area contributed by atoms with Crippen LogP contribution in [0.25, 0.3) is 0 Å². The molecule has 2 aliphatic rings. The Morgan fingerprint density at radius 1 is 1.42 bits per heavy atom. The first-order valence-corrected chi connectivity index (χ1v) is 7.72. The van der Waals surface area contributed by atoms with Gasteiger partial charge >= 0.3 is 0 Å². The van der Waals surface area contributed by atoms with Crippen molar-refractivity contribution in [1.29, 1.82) is 5.26 Å². The van der Waals surface area contributed by atoms with Gasteiger partial charge in [-0.25, -0.2) is 0 Å². The summed E-state index contributed by atoms with van der Waals surface area (Å²) in [5.41, 5.74) is -0.412. The van der Waals surface area contributed by atoms with Gasteiger partial charge in [-0.15, -0.1) is 0 Å². The maximum absolute atomic E-state index is 9.47. The molecule has 4 heteroatoms. The van der Waals surface area contributed by atoms with Crippen molar-refractivity contribution >= 4 is 0 Å². The standard InChI is InChI=1S/C15H28N4/c1-4-7-17-15(3,11-16)12-19-10-14-6-5-8-18(14)9-13(19)2/h13-14,17H,4-10,12H2,1-3H3. The first-order valence-electron chi connectivity index (χ1n) is 7.72. The van der Waals surface area contributed by atoms with Crippen LogP contribution in [-0.2, 0) is 0 Å². The van der Waals surface area contributed by atoms with Gasteiger partial charge in [-0.2, -0.15) is 5.26 Å². The molecule has 0 aromatic heterocycles. The summed E-state index contributed by atoms with van der Waals surface area (Å²) in [7, 11) is 0. The highest BCUT2D eigenvalue weighted by Gasteiger charge is 2.37. The van der Waals surface area contributed by atoms with Crippen LogP contribution in [0.5, 0.6) is 0 Å². The van der Waals surface area contributed by atoms with Crippen LogP contribution in [0.2, 0.25) is 0 Å². The fourth-order valence-corrected chi connectivity index (χ4v) is 3.41. The van der Waals surface area contributed by atoms with Crippen molar-refractivity contribution in [2.75, 3.05) is 32.7 Å². The highest BCUT2D eigenvalue weighted by molar-refractivity contribution is 5.07. The molecule has 0 aromatic carbocycles. The quantitative estimate of drug-likeness (QED) is 0.816. The van der Waals surface area contributed by atoms with Crippen molar-refractivity contribution in [2.45, 2.75) is 57.7 Å². The summed E-state index contributed by atoms with van der Waals surface area (Å²) in [6, 6.07) is 3.76. The fourth-order valence-electron chi connectivity index (χ4n) is 3.41. The molecule has 0 bridgehead atoms. The number of hydrogen-bond donors (Lipinski definition) is 1. The van der Waals surface area contributed by atoms with Gasteiger partial charge in [0, 0.05) is 31.7 Å². The lowest BCUT2D eigenvalue weighted by atomic mass is 10.00. The maximum Gasteiger partial charge on any atom is 0.116 e. The molecule has 3 unspecified atom stereocenters. The van der Waals surface area contributed by atoms with Gasteiger partial charge in [0.15, 0.2) is 0 Å². The average molecular weight is 264 g/mol. The highest BCUT2D eigenvalue weighted by Crippen LogP contribution is 2.25. The minimum atomic E-state index is -0.412. The third-order valence-corrected chi connectivity index (χ3v) is 4.60. The smallest absolute Gasteiger partial charge is 0.116 e. The maximum atomic E-state index is 9.47. The molecule has 0 saturated carbocycles. The summed E-state index contributed by atoms with van der Waals surface area (Å²) >= 11 is 0. The van der Waals surface area contributed by atoms with E-state index in [4.69, 9.17) is 0 Å². The molecule has 0 aliphatic carbocycles. The summed E-state index contributed by atoms with van der Waals surface area (Å²) in [4.78, 5) is 5.14. The van der Waals surface area contributed by atoms with E-state index in [1.807, 2.05) is 6.92 Å². The Labute approximate surface area is 117 Å². The van der Waals surface area contributed by atoms with E-state index in [0.717, 1.165) is 32.1 Å². The molecule has 108 valence electrons. The Kier molecular flexibility index (Phi) is 4.83. The van der Waals surface area contributed by atoms with Crippen LogP contribution >= 0.6 is 0 Å². The lowest BCUT2D eigenvalue weighted by molar-refractivity contribution is 0.0470. The van der Waals surface area contributed by atoms with E-state index in [1.165, 1.54) is 25.9 Å². The van der Waals surface area contributed by atoms with Gasteiger partial charge in [0.05, 0.1) is 6.07 Å². The average Bonchev–Trinajstić information content (AvgIpc) is 2.84. The van der Waals surface area contributed by atoms with Gasteiger partial charge in [-0.1, -0.05) is 6.92 Å². The molecule has 2 rings (SSSR count). The summed E-state index contributed by atoms with van der Waals surface area (Å²) in [6.45, 7) is 11.8. The molecule has 2 fully saturated rings. The first kappa shape index (κ1) is 14.8. The second kappa shape index (κ2) is 6.21. The molecule has 0 radical (unpaired) electrons. The van der Waals surface area contributed by atoms with Crippen molar-refractivity contribution in [2.24, 2.45) is 0 Å². The van der Waals surface area contributed by atoms with Gasteiger partial charge in [0.1, 0.15) is 5.54 Å². The predicted molar refractivity (Wildman–Crippen MR) is 77.9 cm³/mol. The van der Waals surface area contributed by atoms with Gasteiger partial charge < -0.3 is 0 Å². The number of fused-ring (bicyclic) bond motifs is 1. The Hall–Kier alpha value is -0.630. The Morgan fingerprint density at radius 3 is 2.89 bits per heavy atom. The zero-order valence-electron chi connectivity index (χ0n) is 12.7. The monoisotopic (exact) mass is 264 g/mol. The summed E-state index contributed by atoms with van der Waals surface area (Å²) in [6.07, 6.45) is 3.74. The normalized spacial score (nSPS) is 31.7. The molecule has 4 nitrogen and oxygen atoms in total. The lowest BCUT2D eigenvalue weighted by Gasteiger charge is -2.44. The molecule has 0 spiro atoms. The number of hydrogen-bond acceptors (Lipinski definition) is 4. The van der Waals surface area contributed by atoms with Crippen molar-refractivity contribution in [1.82, 2.24) is 15.1 Å². The van der Waals surface area contributed by atoms with Crippen molar-refractivity contribution in [3.05, 3.63) is 0 Å². The Bertz CT molecular complexity index is 338. The zero-order chi connectivity index (χ0) is 13.9. The van der Waals surface area contributed by atoms with Gasteiger partial charge in [-0.3, -0.25) is 15.1 Å². The molecule has 2 heterocycles. The summed E-state index contributed by atoms with van der Waals surface area (Å²) < 4.78 is 0. The SMILES string of the molecule is CCCNC(C)(C#N)CN1CC2CCCN2CC1C. The van der Waals surface area contributed by atoms with E-state index < -0.39 is 5.54 Å². The van der Waals surface area contributed by atoms with E-state index in [1.54, 1.807) is 0 Å². The number of rotatable bonds is 5. The Balaban J connectivity index is 1.95. The molecule has 0 amide bonds. The van der Waals surface area contributed by atoms with Crippen molar-refractivity contribution in [3.8, 4) is 6.07 Å². The van der Waals surface area contributed by atoms with Crippen molar-refractivity contribution in [3.63, 3.8) is 0 Å². The minimum absolute atomic E-state index is 0.412. The van der Waals surface area contributed by atoms with Crippen LogP contribution in [0.4, 0.5) is 0 Å². The second-order valence-corrected chi connectivity index (χ2v) is 6.44. The first-order chi connectivity index (χ1) is 9.08. The number of nitrogens with one attached hydrogen (secondary N) is 1. The van der Waals surface area contributed by atoms with Crippen LogP contribution in [0.15, 0.2) is 0 Å². The predicted octanol–water partition coefficient (Wildman–Crippen LogP) is 1.44. The fraction of sp³-hybridized carbons (Fsp3) is 0.933. The second-order valence-electron chi connectivity index (χ2n) is 6.44. The van der Waals surface area contributed by atoms with Crippen LogP contribution in [-0.4, -0.2) is 60.1 Å². The molecule has 19 heavy (non-hydrogen) atoms. The van der Waals surface area contributed by atoms with E-state index in [-0.39, 0.29) is 0 Å². The van der Waals surface area contributed by atoms with E-state index in [0.29, 0.717) is 6.04 Å². The van der Waals surface area contributed by atoms with E-state index in [2.05, 4.69) is 35.0 Å². The van der Waals surface area contributed by atoms with Gasteiger partial charge in [0.2, 0.25) is 0 Å². The molecule has 2 aliphatic heterocycles. The van der Waals surface area contributed by atoms with Crippen LogP contribution < -0.4 is 5.32 Å². The summed E-state index contributed by atoms with van der Waals surface area (Å²) in [5, 5.41) is 12.9. The van der Waals surface area contributed by atoms with Crippen LogP contribution in [0.3, 0.4) is 0 Å². The largest absolute Gasteiger partial charge is 0.299 e. The molecular weight excluding hydrogens is 236 g/mol. The van der Waals surface area contributed by atoms with E-state index >= 15 is 0 Å². The lowest BCUT2D eigenvalue weighted by Crippen LogP contribution is -2.60. The van der Waals surface area contributed by atoms with Crippen LogP contribution in [0, 0.1) is 11.3 Å².